The van der Waals surface area contributed by atoms with Gasteiger partial charge in [-0.05, 0) is 12.8 Å². The lowest BCUT2D eigenvalue weighted by molar-refractivity contribution is -0.234. The van der Waals surface area contributed by atoms with Gasteiger partial charge in [-0.15, -0.1) is 0 Å². The second-order valence-electron chi connectivity index (χ2n) is 9.22. The summed E-state index contributed by atoms with van der Waals surface area (Å²) in [6.45, 7) is 7.78. The van der Waals surface area contributed by atoms with Gasteiger partial charge < -0.3 is 39.4 Å². The lowest BCUT2D eigenvalue weighted by Crippen LogP contribution is -2.43. The van der Waals surface area contributed by atoms with E-state index >= 15 is 0 Å². The molecule has 2 heterocycles. The third kappa shape index (κ3) is 8.26. The third-order valence-electron chi connectivity index (χ3n) is 6.88. The standard InChI is InChI=1S/C12H21F3O4.C11H22O4/c1-4-8-6(2)10(18-3)9(19-8)5-7(16)11(17)12(13,14)15;1-4-9-7(2)11(14-3)10(15-9)5-8(13)6-12/h6-11,16-17H,4-5H2,1-3H3;7-13H,4-6H2,1-3H3. The van der Waals surface area contributed by atoms with Crippen molar-refractivity contribution in [3.8, 4) is 0 Å². The first-order chi connectivity index (χ1) is 15.9. The van der Waals surface area contributed by atoms with Crippen molar-refractivity contribution in [2.75, 3.05) is 20.8 Å². The lowest BCUT2D eigenvalue weighted by atomic mass is 9.93. The van der Waals surface area contributed by atoms with Crippen LogP contribution in [0.2, 0.25) is 0 Å². The van der Waals surface area contributed by atoms with Gasteiger partial charge in [0.05, 0.1) is 55.4 Å². The molecule has 0 aromatic carbocycles. The average Bonchev–Trinajstić information content (AvgIpc) is 3.26. The van der Waals surface area contributed by atoms with Gasteiger partial charge in [0.1, 0.15) is 0 Å². The Morgan fingerprint density at radius 1 is 0.794 bits per heavy atom. The Balaban J connectivity index is 0.000000350. The van der Waals surface area contributed by atoms with E-state index < -0.39 is 30.6 Å². The second-order valence-corrected chi connectivity index (χ2v) is 9.22. The number of hydrogen-bond donors (Lipinski definition) is 4. The van der Waals surface area contributed by atoms with E-state index in [1.165, 1.54) is 7.11 Å². The summed E-state index contributed by atoms with van der Waals surface area (Å²) in [6.07, 6.45) is -9.42. The van der Waals surface area contributed by atoms with Crippen molar-refractivity contribution >= 4 is 0 Å². The highest BCUT2D eigenvalue weighted by Gasteiger charge is 2.47. The number of aliphatic hydroxyl groups is 4. The molecule has 11 atom stereocenters. The van der Waals surface area contributed by atoms with Gasteiger partial charge in [0.15, 0.2) is 6.10 Å². The minimum absolute atomic E-state index is 0.0242. The van der Waals surface area contributed by atoms with E-state index in [1.807, 2.05) is 13.8 Å². The number of hydrogen-bond acceptors (Lipinski definition) is 8. The molecule has 2 aliphatic rings. The Morgan fingerprint density at radius 2 is 1.21 bits per heavy atom. The van der Waals surface area contributed by atoms with Gasteiger partial charge in [0, 0.05) is 38.9 Å². The lowest BCUT2D eigenvalue weighted by Gasteiger charge is -2.25. The molecule has 0 spiro atoms. The van der Waals surface area contributed by atoms with Gasteiger partial charge in [-0.25, -0.2) is 0 Å². The summed E-state index contributed by atoms with van der Waals surface area (Å²) < 4.78 is 58.9. The van der Waals surface area contributed by atoms with E-state index in [-0.39, 0.29) is 49.5 Å². The summed E-state index contributed by atoms with van der Waals surface area (Å²) in [6, 6.07) is 0. The quantitative estimate of drug-likeness (QED) is 0.357. The average molecular weight is 505 g/mol. The Morgan fingerprint density at radius 3 is 1.53 bits per heavy atom. The van der Waals surface area contributed by atoms with Crippen LogP contribution in [0.5, 0.6) is 0 Å². The zero-order valence-electron chi connectivity index (χ0n) is 20.9. The summed E-state index contributed by atoms with van der Waals surface area (Å²) in [5, 5.41) is 36.6. The zero-order valence-corrected chi connectivity index (χ0v) is 20.9. The molecular formula is C23H43F3O8. The molecule has 8 nitrogen and oxygen atoms in total. The number of aliphatic hydroxyl groups excluding tert-OH is 4. The summed E-state index contributed by atoms with van der Waals surface area (Å²) in [7, 11) is 3.13. The molecule has 11 heteroatoms. The van der Waals surface area contributed by atoms with Gasteiger partial charge in [0.2, 0.25) is 0 Å². The molecule has 0 aromatic rings. The molecule has 2 rings (SSSR count). The molecule has 2 aliphatic heterocycles. The van der Waals surface area contributed by atoms with Crippen LogP contribution in [-0.2, 0) is 18.9 Å². The minimum atomic E-state index is -4.84. The monoisotopic (exact) mass is 504 g/mol. The predicted octanol–water partition coefficient (Wildman–Crippen LogP) is 2.05. The molecule has 0 saturated carbocycles. The third-order valence-corrected chi connectivity index (χ3v) is 6.88. The van der Waals surface area contributed by atoms with E-state index in [0.717, 1.165) is 12.8 Å². The van der Waals surface area contributed by atoms with E-state index in [2.05, 4.69) is 13.8 Å². The maximum atomic E-state index is 12.3. The molecule has 11 unspecified atom stereocenters. The maximum absolute atomic E-state index is 12.3. The molecule has 0 aromatic heterocycles. The highest BCUT2D eigenvalue weighted by molar-refractivity contribution is 4.92. The summed E-state index contributed by atoms with van der Waals surface area (Å²) in [4.78, 5) is 0. The van der Waals surface area contributed by atoms with Gasteiger partial charge in [-0.2, -0.15) is 13.2 Å². The molecule has 2 fully saturated rings. The molecule has 4 N–H and O–H groups in total. The van der Waals surface area contributed by atoms with Crippen LogP contribution in [0.15, 0.2) is 0 Å². The molecule has 34 heavy (non-hydrogen) atoms. The van der Waals surface area contributed by atoms with Crippen LogP contribution in [0.3, 0.4) is 0 Å². The first kappa shape index (κ1) is 31.5. The number of methoxy groups -OCH3 is 2. The van der Waals surface area contributed by atoms with Crippen LogP contribution in [0, 0.1) is 11.8 Å². The molecule has 0 amide bonds. The Bertz CT molecular complexity index is 565. The number of halogens is 3. The Kier molecular flexibility index (Phi) is 13.2. The van der Waals surface area contributed by atoms with Gasteiger partial charge in [-0.3, -0.25) is 0 Å². The Labute approximate surface area is 200 Å². The fourth-order valence-electron chi connectivity index (χ4n) is 4.93. The van der Waals surface area contributed by atoms with Crippen molar-refractivity contribution in [2.45, 2.75) is 114 Å². The van der Waals surface area contributed by atoms with Gasteiger partial charge in [-0.1, -0.05) is 27.7 Å². The zero-order chi connectivity index (χ0) is 26.2. The maximum Gasteiger partial charge on any atom is 0.416 e. The summed E-state index contributed by atoms with van der Waals surface area (Å²) >= 11 is 0. The van der Waals surface area contributed by atoms with Crippen molar-refractivity contribution < 1.29 is 52.5 Å². The van der Waals surface area contributed by atoms with Crippen molar-refractivity contribution in [3.63, 3.8) is 0 Å². The molecule has 204 valence electrons. The van der Waals surface area contributed by atoms with Crippen LogP contribution in [0.25, 0.3) is 0 Å². The Hall–Kier alpha value is -0.530. The number of rotatable bonds is 10. The smallest absolute Gasteiger partial charge is 0.394 e. The molecule has 0 radical (unpaired) electrons. The minimum Gasteiger partial charge on any atom is -0.394 e. The molecule has 2 saturated heterocycles. The van der Waals surface area contributed by atoms with E-state index in [4.69, 9.17) is 29.2 Å². The summed E-state index contributed by atoms with van der Waals surface area (Å²) in [5.41, 5.74) is 0. The number of alkyl halides is 3. The van der Waals surface area contributed by atoms with Crippen LogP contribution in [-0.4, -0.2) is 102 Å². The van der Waals surface area contributed by atoms with E-state index in [9.17, 15) is 23.4 Å². The SMILES string of the molecule is CCC1OC(CC(O)C(O)C(F)(F)F)C(OC)C1C.CCC1OC(CC(O)CO)C(OC)C1C. The first-order valence-electron chi connectivity index (χ1n) is 11.9. The highest BCUT2D eigenvalue weighted by atomic mass is 19.4. The molecular weight excluding hydrogens is 461 g/mol. The second kappa shape index (κ2) is 14.3. The van der Waals surface area contributed by atoms with Crippen LogP contribution < -0.4 is 0 Å². The van der Waals surface area contributed by atoms with Crippen molar-refractivity contribution in [1.29, 1.82) is 0 Å². The van der Waals surface area contributed by atoms with Crippen LogP contribution in [0.1, 0.15) is 53.4 Å². The van der Waals surface area contributed by atoms with E-state index in [1.54, 1.807) is 7.11 Å². The molecule has 0 bridgehead atoms. The normalized spacial score (nSPS) is 36.6. The number of ether oxygens (including phenoxy) is 4. The topological polar surface area (TPSA) is 118 Å². The van der Waals surface area contributed by atoms with Crippen LogP contribution in [0.4, 0.5) is 13.2 Å². The summed E-state index contributed by atoms with van der Waals surface area (Å²) in [5.74, 6) is 0.381. The van der Waals surface area contributed by atoms with Crippen LogP contribution >= 0.6 is 0 Å². The highest BCUT2D eigenvalue weighted by Crippen LogP contribution is 2.35. The van der Waals surface area contributed by atoms with Crippen molar-refractivity contribution in [2.24, 2.45) is 11.8 Å². The first-order valence-corrected chi connectivity index (χ1v) is 11.9. The fraction of sp³-hybridized carbons (Fsp3) is 1.00. The largest absolute Gasteiger partial charge is 0.416 e. The van der Waals surface area contributed by atoms with Gasteiger partial charge >= 0.3 is 6.18 Å². The van der Waals surface area contributed by atoms with Gasteiger partial charge in [0.25, 0.3) is 0 Å². The van der Waals surface area contributed by atoms with E-state index in [0.29, 0.717) is 12.3 Å². The predicted molar refractivity (Wildman–Crippen MR) is 118 cm³/mol. The molecule has 0 aliphatic carbocycles. The van der Waals surface area contributed by atoms with Crippen molar-refractivity contribution in [1.82, 2.24) is 0 Å². The van der Waals surface area contributed by atoms with Crippen molar-refractivity contribution in [3.05, 3.63) is 0 Å². The fourth-order valence-corrected chi connectivity index (χ4v) is 4.93.